The van der Waals surface area contributed by atoms with Gasteiger partial charge in [0, 0.05) is 24.2 Å². The second-order valence-corrected chi connectivity index (χ2v) is 7.24. The van der Waals surface area contributed by atoms with E-state index < -0.39 is 0 Å². The number of fused-ring (bicyclic) bond motifs is 3. The van der Waals surface area contributed by atoms with Crippen LogP contribution in [0, 0.1) is 0 Å². The Balaban J connectivity index is 1.64. The molecule has 4 rings (SSSR count). The molecule has 0 spiro atoms. The molecule has 8 heteroatoms. The van der Waals surface area contributed by atoms with Gasteiger partial charge in [0.15, 0.2) is 0 Å². The minimum absolute atomic E-state index is 0.114. The summed E-state index contributed by atoms with van der Waals surface area (Å²) in [4.78, 5) is 30.3. The molecule has 4 heterocycles. The predicted octanol–water partition coefficient (Wildman–Crippen LogP) is 2.55. The van der Waals surface area contributed by atoms with E-state index in [1.54, 1.807) is 23.7 Å². The monoisotopic (exact) mass is 381 g/mol. The predicted molar refractivity (Wildman–Crippen MR) is 105 cm³/mol. The Kier molecular flexibility index (Phi) is 4.49. The van der Waals surface area contributed by atoms with Crippen LogP contribution in [0.15, 0.2) is 46.8 Å². The highest BCUT2D eigenvalue weighted by Gasteiger charge is 2.17. The molecule has 0 radical (unpaired) electrons. The molecule has 0 saturated carbocycles. The highest BCUT2D eigenvalue weighted by Crippen LogP contribution is 2.24. The molecule has 1 amide bonds. The molecule has 0 aliphatic carbocycles. The first-order chi connectivity index (χ1) is 13.1. The van der Waals surface area contributed by atoms with E-state index in [0.29, 0.717) is 11.9 Å². The fourth-order valence-electron chi connectivity index (χ4n) is 3.19. The summed E-state index contributed by atoms with van der Waals surface area (Å²) < 4.78 is 3.16. The van der Waals surface area contributed by atoms with E-state index in [4.69, 9.17) is 0 Å². The molecule has 1 N–H and O–H groups in total. The molecule has 0 aliphatic rings. The van der Waals surface area contributed by atoms with Crippen LogP contribution in [-0.2, 0) is 17.8 Å². The quantitative estimate of drug-likeness (QED) is 0.576. The molecule has 0 bridgehead atoms. The van der Waals surface area contributed by atoms with Crippen LogP contribution in [0.2, 0.25) is 0 Å². The fraction of sp³-hybridized carbons (Fsp3) is 0.263. The number of rotatable bonds is 5. The van der Waals surface area contributed by atoms with Gasteiger partial charge in [-0.15, -0.1) is 11.3 Å². The Labute approximate surface area is 159 Å². The van der Waals surface area contributed by atoms with Crippen molar-refractivity contribution in [2.75, 3.05) is 0 Å². The van der Waals surface area contributed by atoms with E-state index in [1.165, 1.54) is 4.68 Å². The second kappa shape index (κ2) is 6.96. The maximum absolute atomic E-state index is 12.9. The average Bonchev–Trinajstić information content (AvgIpc) is 3.26. The van der Waals surface area contributed by atoms with Gasteiger partial charge in [-0.05, 0) is 42.1 Å². The van der Waals surface area contributed by atoms with E-state index >= 15 is 0 Å². The number of carbonyl (C=O) groups is 1. The summed E-state index contributed by atoms with van der Waals surface area (Å²) in [6.45, 7) is 3.77. The lowest BCUT2D eigenvalue weighted by atomic mass is 10.1. The van der Waals surface area contributed by atoms with Gasteiger partial charge in [0.1, 0.15) is 22.7 Å². The number of hydrogen-bond donors (Lipinski definition) is 1. The number of nitrogens with one attached hydrogen (secondary N) is 1. The Bertz CT molecular complexity index is 1180. The first kappa shape index (κ1) is 17.4. The van der Waals surface area contributed by atoms with Crippen molar-refractivity contribution in [2.45, 2.75) is 32.9 Å². The maximum Gasteiger partial charge on any atom is 0.291 e. The van der Waals surface area contributed by atoms with Gasteiger partial charge in [0.05, 0.1) is 6.04 Å². The highest BCUT2D eigenvalue weighted by molar-refractivity contribution is 7.16. The number of carbonyl (C=O) groups excluding carboxylic acids is 1. The number of nitrogens with zero attached hydrogens (tertiary/aromatic N) is 4. The molecular weight excluding hydrogens is 362 g/mol. The lowest BCUT2D eigenvalue weighted by Crippen LogP contribution is -2.36. The van der Waals surface area contributed by atoms with Crippen molar-refractivity contribution in [1.82, 2.24) is 24.5 Å². The number of aromatic nitrogens is 4. The zero-order valence-electron chi connectivity index (χ0n) is 15.0. The van der Waals surface area contributed by atoms with Crippen molar-refractivity contribution >= 4 is 33.0 Å². The minimum Gasteiger partial charge on any atom is -0.348 e. The summed E-state index contributed by atoms with van der Waals surface area (Å²) >= 11 is 1.58. The van der Waals surface area contributed by atoms with Crippen LogP contribution >= 0.6 is 11.3 Å². The van der Waals surface area contributed by atoms with Crippen LogP contribution in [0.4, 0.5) is 0 Å². The number of thiophene rings is 1. The number of hydrogen-bond acceptors (Lipinski definition) is 5. The molecule has 0 fully saturated rings. The van der Waals surface area contributed by atoms with Gasteiger partial charge in [-0.25, -0.2) is 4.68 Å². The molecule has 7 nitrogen and oxygen atoms in total. The SMILES string of the molecule is CCc1nn(CC(=O)N[C@@H](C)c2ccncc2)c(=O)c2cc3ccsc3n12. The van der Waals surface area contributed by atoms with E-state index in [0.717, 1.165) is 21.6 Å². The van der Waals surface area contributed by atoms with Crippen molar-refractivity contribution in [3.8, 4) is 0 Å². The lowest BCUT2D eigenvalue weighted by Gasteiger charge is -2.15. The summed E-state index contributed by atoms with van der Waals surface area (Å²) in [5.74, 6) is 0.505. The molecule has 0 aliphatic heterocycles. The summed E-state index contributed by atoms with van der Waals surface area (Å²) in [6.07, 6.45) is 4.03. The van der Waals surface area contributed by atoms with Crippen LogP contribution < -0.4 is 10.9 Å². The Morgan fingerprint density at radius 1 is 1.30 bits per heavy atom. The fourth-order valence-corrected chi connectivity index (χ4v) is 4.11. The third-order valence-corrected chi connectivity index (χ3v) is 5.47. The number of amides is 1. The molecule has 4 aromatic rings. The Hall–Kier alpha value is -3.00. The first-order valence-electron chi connectivity index (χ1n) is 8.76. The van der Waals surface area contributed by atoms with E-state index in [-0.39, 0.29) is 24.1 Å². The normalized spacial score (nSPS) is 12.5. The van der Waals surface area contributed by atoms with Crippen molar-refractivity contribution in [3.63, 3.8) is 0 Å². The van der Waals surface area contributed by atoms with E-state index in [1.807, 2.05) is 47.9 Å². The van der Waals surface area contributed by atoms with E-state index in [9.17, 15) is 9.59 Å². The molecule has 4 aromatic heterocycles. The Morgan fingerprint density at radius 2 is 2.07 bits per heavy atom. The number of aryl methyl sites for hydroxylation is 1. The van der Waals surface area contributed by atoms with Gasteiger partial charge in [0.25, 0.3) is 5.56 Å². The summed E-state index contributed by atoms with van der Waals surface area (Å²) in [6, 6.07) is 7.38. The molecular formula is C19H19N5O2S. The van der Waals surface area contributed by atoms with Crippen molar-refractivity contribution in [3.05, 3.63) is 63.8 Å². The summed E-state index contributed by atoms with van der Waals surface area (Å²) in [5, 5.41) is 10.4. The minimum atomic E-state index is -0.262. The highest BCUT2D eigenvalue weighted by atomic mass is 32.1. The largest absolute Gasteiger partial charge is 0.348 e. The smallest absolute Gasteiger partial charge is 0.291 e. The summed E-state index contributed by atoms with van der Waals surface area (Å²) in [5.41, 5.74) is 1.25. The molecule has 0 unspecified atom stereocenters. The van der Waals surface area contributed by atoms with Gasteiger partial charge in [-0.3, -0.25) is 19.0 Å². The average molecular weight is 381 g/mol. The van der Waals surface area contributed by atoms with Gasteiger partial charge in [0.2, 0.25) is 5.91 Å². The zero-order valence-corrected chi connectivity index (χ0v) is 15.9. The second-order valence-electron chi connectivity index (χ2n) is 6.35. The number of pyridine rings is 1. The van der Waals surface area contributed by atoms with Gasteiger partial charge >= 0.3 is 0 Å². The molecule has 1 atom stereocenters. The van der Waals surface area contributed by atoms with Gasteiger partial charge in [-0.2, -0.15) is 5.10 Å². The zero-order chi connectivity index (χ0) is 19.0. The summed E-state index contributed by atoms with van der Waals surface area (Å²) in [7, 11) is 0. The van der Waals surface area contributed by atoms with Crippen LogP contribution in [0.3, 0.4) is 0 Å². The third kappa shape index (κ3) is 3.12. The maximum atomic E-state index is 12.9. The van der Waals surface area contributed by atoms with Gasteiger partial charge in [-0.1, -0.05) is 6.92 Å². The third-order valence-electron chi connectivity index (χ3n) is 4.55. The van der Waals surface area contributed by atoms with Crippen molar-refractivity contribution in [2.24, 2.45) is 0 Å². The topological polar surface area (TPSA) is 81.3 Å². The first-order valence-corrected chi connectivity index (χ1v) is 9.64. The van der Waals surface area contributed by atoms with Crippen LogP contribution in [0.1, 0.15) is 31.3 Å². The molecule has 27 heavy (non-hydrogen) atoms. The van der Waals surface area contributed by atoms with E-state index in [2.05, 4.69) is 15.4 Å². The van der Waals surface area contributed by atoms with Gasteiger partial charge < -0.3 is 5.32 Å². The van der Waals surface area contributed by atoms with Crippen molar-refractivity contribution in [1.29, 1.82) is 0 Å². The lowest BCUT2D eigenvalue weighted by molar-refractivity contribution is -0.122. The Morgan fingerprint density at radius 3 is 2.81 bits per heavy atom. The van der Waals surface area contributed by atoms with Crippen LogP contribution in [0.5, 0.6) is 0 Å². The van der Waals surface area contributed by atoms with Crippen LogP contribution in [-0.4, -0.2) is 25.1 Å². The molecule has 0 aromatic carbocycles. The van der Waals surface area contributed by atoms with Crippen molar-refractivity contribution < 1.29 is 4.79 Å². The molecule has 0 saturated heterocycles. The molecule has 138 valence electrons. The standard InChI is InChI=1S/C19H19N5O2S/c1-3-16-22-23(11-17(25)21-12(2)13-4-7-20-8-5-13)18(26)15-10-14-6-9-27-19(14)24(15)16/h4-10,12H,3,11H2,1-2H3,(H,21,25)/t12-/m0/s1. The van der Waals surface area contributed by atoms with Crippen LogP contribution in [0.25, 0.3) is 15.7 Å².